The fourth-order valence-electron chi connectivity index (χ4n) is 2.98. The fraction of sp³-hybridized carbons (Fsp3) is 0.381. The van der Waals surface area contributed by atoms with Crippen molar-refractivity contribution in [2.75, 3.05) is 6.61 Å². The van der Waals surface area contributed by atoms with Gasteiger partial charge in [0.25, 0.3) is 0 Å². The van der Waals surface area contributed by atoms with Crippen molar-refractivity contribution in [3.8, 4) is 5.75 Å². The molecule has 1 atom stereocenters. The van der Waals surface area contributed by atoms with E-state index in [0.29, 0.717) is 11.3 Å². The molecule has 28 heavy (non-hydrogen) atoms. The topological polar surface area (TPSA) is 47.3 Å². The molecule has 4 nitrogen and oxygen atoms in total. The van der Waals surface area contributed by atoms with Crippen LogP contribution in [0.4, 0.5) is 13.2 Å². The van der Waals surface area contributed by atoms with Crippen LogP contribution in [-0.2, 0) is 18.1 Å². The summed E-state index contributed by atoms with van der Waals surface area (Å²) in [5.41, 5.74) is 1.71. The number of alkyl halides is 3. The third-order valence-corrected chi connectivity index (χ3v) is 4.46. The third-order valence-electron chi connectivity index (χ3n) is 4.46. The number of benzene rings is 2. The Balaban J connectivity index is 1.72. The van der Waals surface area contributed by atoms with Crippen molar-refractivity contribution in [1.82, 2.24) is 9.55 Å². The van der Waals surface area contributed by atoms with Gasteiger partial charge in [0.15, 0.2) is 0 Å². The lowest BCUT2D eigenvalue weighted by Gasteiger charge is -2.20. The molecule has 3 rings (SSSR count). The van der Waals surface area contributed by atoms with Crippen LogP contribution in [-0.4, -0.2) is 27.4 Å². The van der Waals surface area contributed by atoms with Crippen LogP contribution in [0.25, 0.3) is 11.0 Å². The van der Waals surface area contributed by atoms with Crippen molar-refractivity contribution < 1.29 is 23.0 Å². The molecule has 1 heterocycles. The van der Waals surface area contributed by atoms with Gasteiger partial charge in [0, 0.05) is 0 Å². The molecule has 0 amide bonds. The van der Waals surface area contributed by atoms with Gasteiger partial charge < -0.3 is 14.4 Å². The van der Waals surface area contributed by atoms with Crippen molar-refractivity contribution in [2.45, 2.75) is 45.0 Å². The van der Waals surface area contributed by atoms with E-state index < -0.39 is 18.1 Å². The smallest absolute Gasteiger partial charge is 0.449 e. The summed E-state index contributed by atoms with van der Waals surface area (Å²) < 4.78 is 46.5. The molecule has 0 saturated carbocycles. The van der Waals surface area contributed by atoms with Crippen molar-refractivity contribution in [3.05, 3.63) is 59.9 Å². The maximum absolute atomic E-state index is 13.3. The molecule has 1 aromatic heterocycles. The molecule has 2 aromatic carbocycles. The zero-order chi connectivity index (χ0) is 20.5. The van der Waals surface area contributed by atoms with Crippen molar-refractivity contribution in [1.29, 1.82) is 0 Å². The van der Waals surface area contributed by atoms with Crippen LogP contribution in [0.3, 0.4) is 0 Å². The number of rotatable bonds is 5. The number of halogens is 3. The van der Waals surface area contributed by atoms with Gasteiger partial charge in [-0.3, -0.25) is 0 Å². The number of fused-ring (bicyclic) bond motifs is 1. The summed E-state index contributed by atoms with van der Waals surface area (Å²) in [6.45, 7) is 5.90. The molecule has 1 N–H and O–H groups in total. The SMILES string of the molecule is CC(C)(C)c1ccc(OCC(O)Cn2c(C(F)(F)F)nc3ccccc32)cc1. The minimum absolute atomic E-state index is 0.00845. The van der Waals surface area contributed by atoms with Gasteiger partial charge >= 0.3 is 6.18 Å². The van der Waals surface area contributed by atoms with E-state index in [1.54, 1.807) is 30.3 Å². The molecule has 0 fully saturated rings. The second-order valence-corrected chi connectivity index (χ2v) is 7.77. The molecule has 3 aromatic rings. The van der Waals surface area contributed by atoms with Gasteiger partial charge in [0.05, 0.1) is 17.6 Å². The molecule has 150 valence electrons. The Hall–Kier alpha value is -2.54. The second kappa shape index (κ2) is 7.47. The lowest BCUT2D eigenvalue weighted by molar-refractivity contribution is -0.147. The summed E-state index contributed by atoms with van der Waals surface area (Å²) >= 11 is 0. The summed E-state index contributed by atoms with van der Waals surface area (Å²) in [7, 11) is 0. The Bertz CT molecular complexity index is 941. The molecule has 0 saturated heterocycles. The number of aromatic nitrogens is 2. The summed E-state index contributed by atoms with van der Waals surface area (Å²) in [5, 5.41) is 10.3. The van der Waals surface area contributed by atoms with Gasteiger partial charge in [0.1, 0.15) is 18.5 Å². The van der Waals surface area contributed by atoms with Gasteiger partial charge in [-0.15, -0.1) is 0 Å². The largest absolute Gasteiger partial charge is 0.491 e. The molecule has 0 radical (unpaired) electrons. The van der Waals surface area contributed by atoms with Crippen LogP contribution in [0, 0.1) is 0 Å². The third kappa shape index (κ3) is 4.47. The van der Waals surface area contributed by atoms with Gasteiger partial charge in [-0.05, 0) is 35.2 Å². The quantitative estimate of drug-likeness (QED) is 0.679. The van der Waals surface area contributed by atoms with E-state index in [2.05, 4.69) is 25.8 Å². The zero-order valence-electron chi connectivity index (χ0n) is 16.0. The first-order chi connectivity index (χ1) is 13.1. The highest BCUT2D eigenvalue weighted by Crippen LogP contribution is 2.31. The van der Waals surface area contributed by atoms with Gasteiger partial charge in [-0.25, -0.2) is 4.98 Å². The Morgan fingerprint density at radius 2 is 1.68 bits per heavy atom. The van der Waals surface area contributed by atoms with Crippen molar-refractivity contribution in [2.24, 2.45) is 0 Å². The number of hydrogen-bond donors (Lipinski definition) is 1. The lowest BCUT2D eigenvalue weighted by Crippen LogP contribution is -2.26. The van der Waals surface area contributed by atoms with Crippen LogP contribution in [0.1, 0.15) is 32.2 Å². The van der Waals surface area contributed by atoms with Crippen LogP contribution >= 0.6 is 0 Å². The van der Waals surface area contributed by atoms with E-state index >= 15 is 0 Å². The van der Waals surface area contributed by atoms with Crippen LogP contribution in [0.5, 0.6) is 5.75 Å². The van der Waals surface area contributed by atoms with E-state index in [4.69, 9.17) is 4.74 Å². The number of para-hydroxylation sites is 2. The Kier molecular flexibility index (Phi) is 5.39. The lowest BCUT2D eigenvalue weighted by atomic mass is 9.87. The first kappa shape index (κ1) is 20.2. The van der Waals surface area contributed by atoms with E-state index in [9.17, 15) is 18.3 Å². The molecule has 0 bridgehead atoms. The number of imidazole rings is 1. The molecule has 7 heteroatoms. The first-order valence-corrected chi connectivity index (χ1v) is 8.99. The first-order valence-electron chi connectivity index (χ1n) is 8.99. The average molecular weight is 392 g/mol. The monoisotopic (exact) mass is 392 g/mol. The number of aliphatic hydroxyl groups is 1. The summed E-state index contributed by atoms with van der Waals surface area (Å²) in [5.74, 6) is -0.471. The highest BCUT2D eigenvalue weighted by molar-refractivity contribution is 5.76. The number of hydrogen-bond acceptors (Lipinski definition) is 3. The second-order valence-electron chi connectivity index (χ2n) is 7.77. The molecule has 0 aliphatic rings. The van der Waals surface area contributed by atoms with E-state index in [1.165, 1.54) is 6.07 Å². The minimum Gasteiger partial charge on any atom is -0.491 e. The maximum Gasteiger partial charge on any atom is 0.449 e. The predicted octanol–water partition coefficient (Wildman–Crippen LogP) is 4.79. The number of ether oxygens (including phenoxy) is 1. The van der Waals surface area contributed by atoms with Crippen LogP contribution < -0.4 is 4.74 Å². The number of aliphatic hydroxyl groups excluding tert-OH is 1. The highest BCUT2D eigenvalue weighted by atomic mass is 19.4. The normalized spacial score (nSPS) is 13.7. The average Bonchev–Trinajstić information content (AvgIpc) is 2.99. The predicted molar refractivity (Wildman–Crippen MR) is 101 cm³/mol. The summed E-state index contributed by atoms with van der Waals surface area (Å²) in [6.07, 6.45) is -5.73. The Morgan fingerprint density at radius 3 is 2.29 bits per heavy atom. The van der Waals surface area contributed by atoms with Crippen LogP contribution in [0.15, 0.2) is 48.5 Å². The standard InChI is InChI=1S/C21H23F3N2O2/c1-20(2,3)14-8-10-16(11-9-14)28-13-15(27)12-26-18-7-5-4-6-17(18)25-19(26)21(22,23)24/h4-11,15,27H,12-13H2,1-3H3. The summed E-state index contributed by atoms with van der Waals surface area (Å²) in [4.78, 5) is 3.67. The highest BCUT2D eigenvalue weighted by Gasteiger charge is 2.37. The minimum atomic E-state index is -4.61. The van der Waals surface area contributed by atoms with E-state index in [0.717, 1.165) is 10.1 Å². The zero-order valence-corrected chi connectivity index (χ0v) is 16.0. The maximum atomic E-state index is 13.3. The van der Waals surface area contributed by atoms with Gasteiger partial charge in [-0.1, -0.05) is 45.0 Å². The summed E-state index contributed by atoms with van der Waals surface area (Å²) in [6, 6.07) is 13.8. The van der Waals surface area contributed by atoms with Crippen molar-refractivity contribution in [3.63, 3.8) is 0 Å². The molecular weight excluding hydrogens is 369 g/mol. The molecule has 1 unspecified atom stereocenters. The van der Waals surface area contributed by atoms with Gasteiger partial charge in [-0.2, -0.15) is 13.2 Å². The van der Waals surface area contributed by atoms with Crippen molar-refractivity contribution >= 4 is 11.0 Å². The fourth-order valence-corrected chi connectivity index (χ4v) is 2.98. The Morgan fingerprint density at radius 1 is 1.04 bits per heavy atom. The molecule has 0 aliphatic carbocycles. The molecule has 0 spiro atoms. The Labute approximate surface area is 161 Å². The number of nitrogens with zero attached hydrogens (tertiary/aromatic N) is 2. The van der Waals surface area contributed by atoms with E-state index in [-0.39, 0.29) is 24.1 Å². The van der Waals surface area contributed by atoms with E-state index in [1.807, 2.05) is 12.1 Å². The molecular formula is C21H23F3N2O2. The van der Waals surface area contributed by atoms with Crippen LogP contribution in [0.2, 0.25) is 0 Å². The van der Waals surface area contributed by atoms with Gasteiger partial charge in [0.2, 0.25) is 5.82 Å². The molecule has 0 aliphatic heterocycles.